The van der Waals surface area contributed by atoms with Gasteiger partial charge in [-0.2, -0.15) is 0 Å². The molecule has 4 rings (SSSR count). The van der Waals surface area contributed by atoms with Crippen LogP contribution >= 0.6 is 0 Å². The van der Waals surface area contributed by atoms with E-state index in [0.717, 1.165) is 10.7 Å². The number of hydrogen-bond donors (Lipinski definition) is 1. The van der Waals surface area contributed by atoms with Crippen molar-refractivity contribution in [2.24, 2.45) is 5.92 Å². The second-order valence-electron chi connectivity index (χ2n) is 8.77. The van der Waals surface area contributed by atoms with Gasteiger partial charge < -0.3 is 10.1 Å². The first-order valence-corrected chi connectivity index (χ1v) is 13.3. The second-order valence-corrected chi connectivity index (χ2v) is 10.6. The molecule has 6 nitrogen and oxygen atoms in total. The Bertz CT molecular complexity index is 1420. The highest BCUT2D eigenvalue weighted by atomic mass is 32.2. The van der Waals surface area contributed by atoms with Crippen LogP contribution in [0.4, 0.5) is 5.69 Å². The first-order chi connectivity index (χ1) is 17.4. The van der Waals surface area contributed by atoms with Crippen molar-refractivity contribution in [1.82, 2.24) is 5.32 Å². The van der Waals surface area contributed by atoms with Gasteiger partial charge in [0.2, 0.25) is 5.91 Å². The van der Waals surface area contributed by atoms with Gasteiger partial charge in [0.15, 0.2) is 0 Å². The van der Waals surface area contributed by atoms with Crippen LogP contribution < -0.4 is 14.4 Å². The maximum Gasteiger partial charge on any atom is 0.264 e. The van der Waals surface area contributed by atoms with Crippen molar-refractivity contribution < 1.29 is 17.9 Å². The van der Waals surface area contributed by atoms with Crippen LogP contribution in [0.15, 0.2) is 102 Å². The molecule has 186 valence electrons. The van der Waals surface area contributed by atoms with Crippen LogP contribution in [0.5, 0.6) is 5.75 Å². The third-order valence-electron chi connectivity index (χ3n) is 6.07. The summed E-state index contributed by atoms with van der Waals surface area (Å²) in [6, 6.07) is 29.3. The van der Waals surface area contributed by atoms with Crippen molar-refractivity contribution in [2.75, 3.05) is 24.5 Å². The predicted molar refractivity (Wildman–Crippen MR) is 144 cm³/mol. The summed E-state index contributed by atoms with van der Waals surface area (Å²) in [6.45, 7) is 2.19. The van der Waals surface area contributed by atoms with Gasteiger partial charge in [0.05, 0.1) is 17.7 Å². The number of hydrogen-bond acceptors (Lipinski definition) is 4. The molecule has 0 saturated heterocycles. The molecule has 0 heterocycles. The Balaban J connectivity index is 1.46. The zero-order valence-corrected chi connectivity index (χ0v) is 21.2. The van der Waals surface area contributed by atoms with Crippen LogP contribution in [0.25, 0.3) is 10.8 Å². The zero-order chi connectivity index (χ0) is 25.5. The van der Waals surface area contributed by atoms with Crippen molar-refractivity contribution in [2.45, 2.75) is 18.2 Å². The van der Waals surface area contributed by atoms with Gasteiger partial charge in [-0.05, 0) is 65.1 Å². The number of methoxy groups -OCH3 is 1. The average Bonchev–Trinajstić information content (AvgIpc) is 2.91. The molecule has 0 saturated carbocycles. The molecule has 0 fully saturated rings. The number of nitrogens with zero attached hydrogens (tertiary/aromatic N) is 1. The summed E-state index contributed by atoms with van der Waals surface area (Å²) >= 11 is 0. The molecule has 1 N–H and O–H groups in total. The molecule has 0 bridgehead atoms. The molecule has 1 unspecified atom stereocenters. The Morgan fingerprint density at radius 3 is 2.28 bits per heavy atom. The Hall–Kier alpha value is -3.84. The summed E-state index contributed by atoms with van der Waals surface area (Å²) in [5, 5.41) is 5.32. The highest BCUT2D eigenvalue weighted by molar-refractivity contribution is 7.92. The minimum absolute atomic E-state index is 0.0873. The van der Waals surface area contributed by atoms with E-state index in [2.05, 4.69) is 36.5 Å². The third kappa shape index (κ3) is 5.86. The molecule has 4 aromatic carbocycles. The summed E-state index contributed by atoms with van der Waals surface area (Å²) in [6.07, 6.45) is 0.800. The lowest BCUT2D eigenvalue weighted by Gasteiger charge is -2.24. The van der Waals surface area contributed by atoms with Crippen molar-refractivity contribution in [3.05, 3.63) is 103 Å². The van der Waals surface area contributed by atoms with E-state index < -0.39 is 10.0 Å². The summed E-state index contributed by atoms with van der Waals surface area (Å²) in [7, 11) is -2.45. The number of carbonyl (C=O) groups is 1. The molecule has 0 aromatic heterocycles. The molecule has 0 spiro atoms. The number of amides is 1. The molecule has 0 aliphatic rings. The van der Waals surface area contributed by atoms with Crippen LogP contribution in [-0.2, 0) is 21.2 Å². The number of fused-ring (bicyclic) bond motifs is 1. The molecule has 4 aromatic rings. The van der Waals surface area contributed by atoms with Gasteiger partial charge in [-0.15, -0.1) is 0 Å². The average molecular weight is 503 g/mol. The lowest BCUT2D eigenvalue weighted by Crippen LogP contribution is -2.42. The van der Waals surface area contributed by atoms with E-state index in [1.165, 1.54) is 35.6 Å². The summed E-state index contributed by atoms with van der Waals surface area (Å²) in [5.41, 5.74) is 1.65. The van der Waals surface area contributed by atoms with Gasteiger partial charge >= 0.3 is 0 Å². The molecular weight excluding hydrogens is 472 g/mol. The van der Waals surface area contributed by atoms with E-state index in [4.69, 9.17) is 4.74 Å². The predicted octanol–water partition coefficient (Wildman–Crippen LogP) is 5.04. The fourth-order valence-corrected chi connectivity index (χ4v) is 5.60. The standard InChI is InChI=1S/C29H30N2O4S/c1-22(19-24-11-8-10-23-9-6-7-14-28(23)24)20-30-29(32)21-31(25-12-4-3-5-13-25)36(33,34)27-17-15-26(35-2)16-18-27/h3-18,22H,19-21H2,1-2H3,(H,30,32). The van der Waals surface area contributed by atoms with E-state index in [1.807, 2.05) is 18.2 Å². The van der Waals surface area contributed by atoms with E-state index in [9.17, 15) is 13.2 Å². The number of sulfonamides is 1. The topological polar surface area (TPSA) is 75.7 Å². The number of rotatable bonds is 10. The van der Waals surface area contributed by atoms with Crippen molar-refractivity contribution >= 4 is 32.4 Å². The molecule has 1 amide bonds. The van der Waals surface area contributed by atoms with E-state index in [0.29, 0.717) is 18.0 Å². The van der Waals surface area contributed by atoms with Gasteiger partial charge in [0.1, 0.15) is 12.3 Å². The first-order valence-electron chi connectivity index (χ1n) is 11.8. The maximum absolute atomic E-state index is 13.5. The van der Waals surface area contributed by atoms with Gasteiger partial charge in [0.25, 0.3) is 10.0 Å². The van der Waals surface area contributed by atoms with Gasteiger partial charge in [0, 0.05) is 6.54 Å². The fourth-order valence-electron chi connectivity index (χ4n) is 4.18. The summed E-state index contributed by atoms with van der Waals surface area (Å²) in [5.74, 6) is 0.363. The van der Waals surface area contributed by atoms with Crippen molar-refractivity contribution in [3.63, 3.8) is 0 Å². The third-order valence-corrected chi connectivity index (χ3v) is 7.86. The van der Waals surface area contributed by atoms with Crippen LogP contribution in [0, 0.1) is 5.92 Å². The largest absolute Gasteiger partial charge is 0.497 e. The van der Waals surface area contributed by atoms with E-state index >= 15 is 0 Å². The van der Waals surface area contributed by atoms with Crippen LogP contribution in [0.2, 0.25) is 0 Å². The Kier molecular flexibility index (Phi) is 7.90. The van der Waals surface area contributed by atoms with Crippen LogP contribution in [0.3, 0.4) is 0 Å². The minimum atomic E-state index is -3.97. The van der Waals surface area contributed by atoms with E-state index in [1.54, 1.807) is 42.5 Å². The lowest BCUT2D eigenvalue weighted by molar-refractivity contribution is -0.119. The molecule has 36 heavy (non-hydrogen) atoms. The molecule has 7 heteroatoms. The quantitative estimate of drug-likeness (QED) is 0.330. The normalized spacial score (nSPS) is 12.2. The maximum atomic E-state index is 13.5. The van der Waals surface area contributed by atoms with Gasteiger partial charge in [-0.1, -0.05) is 67.6 Å². The van der Waals surface area contributed by atoms with Gasteiger partial charge in [-0.3, -0.25) is 9.10 Å². The Morgan fingerprint density at radius 1 is 0.889 bits per heavy atom. The zero-order valence-electron chi connectivity index (χ0n) is 20.4. The van der Waals surface area contributed by atoms with Crippen molar-refractivity contribution in [1.29, 1.82) is 0 Å². The highest BCUT2D eigenvalue weighted by Gasteiger charge is 2.27. The Labute approximate surface area is 212 Å². The molecule has 1 atom stereocenters. The first kappa shape index (κ1) is 25.3. The Morgan fingerprint density at radius 2 is 1.56 bits per heavy atom. The summed E-state index contributed by atoms with van der Waals surface area (Å²) in [4.78, 5) is 13.0. The monoisotopic (exact) mass is 502 g/mol. The number of nitrogens with one attached hydrogen (secondary N) is 1. The van der Waals surface area contributed by atoms with Gasteiger partial charge in [-0.25, -0.2) is 8.42 Å². The number of carbonyl (C=O) groups excluding carboxylic acids is 1. The fraction of sp³-hybridized carbons (Fsp3) is 0.207. The smallest absolute Gasteiger partial charge is 0.264 e. The highest BCUT2D eigenvalue weighted by Crippen LogP contribution is 2.25. The van der Waals surface area contributed by atoms with E-state index in [-0.39, 0.29) is 23.3 Å². The molecule has 0 aliphatic carbocycles. The van der Waals surface area contributed by atoms with Crippen LogP contribution in [-0.4, -0.2) is 34.5 Å². The van der Waals surface area contributed by atoms with Crippen LogP contribution in [0.1, 0.15) is 12.5 Å². The number of ether oxygens (including phenoxy) is 1. The molecule has 0 aliphatic heterocycles. The number of anilines is 1. The molecule has 0 radical (unpaired) electrons. The summed E-state index contributed by atoms with van der Waals surface area (Å²) < 4.78 is 33.2. The second kappa shape index (κ2) is 11.3. The minimum Gasteiger partial charge on any atom is -0.497 e. The number of benzene rings is 4. The SMILES string of the molecule is COc1ccc(S(=O)(=O)N(CC(=O)NCC(C)Cc2cccc3ccccc23)c2ccccc2)cc1. The van der Waals surface area contributed by atoms with Crippen molar-refractivity contribution in [3.8, 4) is 5.75 Å². The molecular formula is C29H30N2O4S. The lowest BCUT2D eigenvalue weighted by atomic mass is 9.96. The number of para-hydroxylation sites is 1.